The maximum Gasteiger partial charge on any atom is 0.222 e. The van der Waals surface area contributed by atoms with Gasteiger partial charge < -0.3 is 10.1 Å². The predicted molar refractivity (Wildman–Crippen MR) is 54.1 cm³/mol. The van der Waals surface area contributed by atoms with Crippen molar-refractivity contribution in [1.29, 1.82) is 0 Å². The molecule has 1 N–H and O–H groups in total. The van der Waals surface area contributed by atoms with Gasteiger partial charge in [0.05, 0.1) is 6.10 Å². The molecular weight excluding hydrogens is 178 g/mol. The maximum atomic E-state index is 5.51. The highest BCUT2D eigenvalue weighted by Gasteiger charge is 2.14. The van der Waals surface area contributed by atoms with E-state index in [2.05, 4.69) is 15.3 Å². The van der Waals surface area contributed by atoms with E-state index in [0.717, 1.165) is 19.6 Å². The minimum atomic E-state index is 0.436. The molecule has 0 aliphatic carbocycles. The first-order chi connectivity index (χ1) is 6.95. The molecule has 2 rings (SSSR count). The molecule has 1 aliphatic rings. The first kappa shape index (κ1) is 9.40. The zero-order chi connectivity index (χ0) is 9.64. The Morgan fingerprint density at radius 1 is 1.43 bits per heavy atom. The van der Waals surface area contributed by atoms with Crippen LogP contribution in [-0.4, -0.2) is 29.2 Å². The number of aromatic nitrogens is 2. The molecule has 1 aromatic heterocycles. The second-order valence-corrected chi connectivity index (χ2v) is 3.42. The van der Waals surface area contributed by atoms with E-state index in [1.54, 1.807) is 12.4 Å². The van der Waals surface area contributed by atoms with Crippen LogP contribution in [0, 0.1) is 0 Å². The highest BCUT2D eigenvalue weighted by Crippen LogP contribution is 2.14. The van der Waals surface area contributed by atoms with Gasteiger partial charge in [0, 0.05) is 25.5 Å². The average molecular weight is 193 g/mol. The molecule has 4 nitrogen and oxygen atoms in total. The van der Waals surface area contributed by atoms with Crippen molar-refractivity contribution in [3.05, 3.63) is 18.5 Å². The zero-order valence-electron chi connectivity index (χ0n) is 8.15. The number of anilines is 1. The highest BCUT2D eigenvalue weighted by atomic mass is 16.5. The summed E-state index contributed by atoms with van der Waals surface area (Å²) in [5, 5.41) is 3.17. The summed E-state index contributed by atoms with van der Waals surface area (Å²) in [5.74, 6) is 0.700. The zero-order valence-corrected chi connectivity index (χ0v) is 8.15. The summed E-state index contributed by atoms with van der Waals surface area (Å²) in [6.45, 7) is 1.81. The molecule has 0 spiro atoms. The van der Waals surface area contributed by atoms with Crippen LogP contribution in [0.25, 0.3) is 0 Å². The van der Waals surface area contributed by atoms with Crippen LogP contribution in [0.3, 0.4) is 0 Å². The number of hydrogen-bond donors (Lipinski definition) is 1. The van der Waals surface area contributed by atoms with Gasteiger partial charge in [0.1, 0.15) is 0 Å². The van der Waals surface area contributed by atoms with Crippen molar-refractivity contribution in [3.8, 4) is 0 Å². The van der Waals surface area contributed by atoms with Crippen LogP contribution >= 0.6 is 0 Å². The molecule has 0 radical (unpaired) electrons. The highest BCUT2D eigenvalue weighted by molar-refractivity contribution is 5.21. The molecule has 2 heterocycles. The van der Waals surface area contributed by atoms with Gasteiger partial charge in [-0.1, -0.05) is 0 Å². The van der Waals surface area contributed by atoms with Crippen molar-refractivity contribution in [2.75, 3.05) is 18.5 Å². The van der Waals surface area contributed by atoms with Gasteiger partial charge in [-0.2, -0.15) is 0 Å². The minimum Gasteiger partial charge on any atom is -0.378 e. The molecule has 14 heavy (non-hydrogen) atoms. The Balaban J connectivity index is 1.67. The monoisotopic (exact) mass is 193 g/mol. The van der Waals surface area contributed by atoms with Crippen molar-refractivity contribution in [3.63, 3.8) is 0 Å². The normalized spacial score (nSPS) is 21.0. The van der Waals surface area contributed by atoms with Crippen molar-refractivity contribution in [2.24, 2.45) is 0 Å². The maximum absolute atomic E-state index is 5.51. The molecule has 0 bridgehead atoms. The lowest BCUT2D eigenvalue weighted by Gasteiger charge is -2.09. The van der Waals surface area contributed by atoms with Crippen molar-refractivity contribution in [2.45, 2.75) is 25.4 Å². The third-order valence-corrected chi connectivity index (χ3v) is 2.34. The lowest BCUT2D eigenvalue weighted by molar-refractivity contribution is 0.107. The molecule has 4 heteroatoms. The van der Waals surface area contributed by atoms with Crippen LogP contribution in [0.1, 0.15) is 19.3 Å². The molecule has 0 amide bonds. The van der Waals surface area contributed by atoms with Crippen molar-refractivity contribution < 1.29 is 4.74 Å². The Hall–Kier alpha value is -1.16. The van der Waals surface area contributed by atoms with Gasteiger partial charge in [0.25, 0.3) is 0 Å². The van der Waals surface area contributed by atoms with E-state index < -0.39 is 0 Å². The van der Waals surface area contributed by atoms with Crippen LogP contribution < -0.4 is 5.32 Å². The van der Waals surface area contributed by atoms with E-state index >= 15 is 0 Å². The molecule has 1 unspecified atom stereocenters. The largest absolute Gasteiger partial charge is 0.378 e. The third kappa shape index (κ3) is 2.67. The fraction of sp³-hybridized carbons (Fsp3) is 0.600. The molecule has 1 atom stereocenters. The standard InChI is InChI=1S/C10H15N3O/c1-3-9(14-8-1)4-7-13-10-11-5-2-6-12-10/h2,5-6,9H,1,3-4,7-8H2,(H,11,12,13). The number of rotatable bonds is 4. The number of nitrogens with one attached hydrogen (secondary N) is 1. The first-order valence-electron chi connectivity index (χ1n) is 5.07. The summed E-state index contributed by atoms with van der Waals surface area (Å²) < 4.78 is 5.51. The Kier molecular flexibility index (Phi) is 3.29. The average Bonchev–Trinajstić information content (AvgIpc) is 2.72. The lowest BCUT2D eigenvalue weighted by atomic mass is 10.2. The lowest BCUT2D eigenvalue weighted by Crippen LogP contribution is -2.13. The molecule has 76 valence electrons. The Bertz CT molecular complexity index is 259. The van der Waals surface area contributed by atoms with E-state index in [0.29, 0.717) is 12.1 Å². The van der Waals surface area contributed by atoms with E-state index in [9.17, 15) is 0 Å². The van der Waals surface area contributed by atoms with Gasteiger partial charge in [0.15, 0.2) is 0 Å². The van der Waals surface area contributed by atoms with Gasteiger partial charge >= 0.3 is 0 Å². The molecule has 1 saturated heterocycles. The van der Waals surface area contributed by atoms with Crippen LogP contribution in [0.4, 0.5) is 5.95 Å². The van der Waals surface area contributed by atoms with Gasteiger partial charge in [0.2, 0.25) is 5.95 Å². The van der Waals surface area contributed by atoms with Gasteiger partial charge in [-0.15, -0.1) is 0 Å². The fourth-order valence-corrected chi connectivity index (χ4v) is 1.61. The van der Waals surface area contributed by atoms with E-state index in [1.165, 1.54) is 12.8 Å². The fourth-order valence-electron chi connectivity index (χ4n) is 1.61. The van der Waals surface area contributed by atoms with Crippen molar-refractivity contribution in [1.82, 2.24) is 9.97 Å². The van der Waals surface area contributed by atoms with Gasteiger partial charge in [-0.25, -0.2) is 9.97 Å². The number of ether oxygens (including phenoxy) is 1. The predicted octanol–water partition coefficient (Wildman–Crippen LogP) is 1.46. The quantitative estimate of drug-likeness (QED) is 0.786. The topological polar surface area (TPSA) is 47.0 Å². The van der Waals surface area contributed by atoms with E-state index in [1.807, 2.05) is 6.07 Å². The Morgan fingerprint density at radius 2 is 2.29 bits per heavy atom. The van der Waals surface area contributed by atoms with Crippen LogP contribution in [0.5, 0.6) is 0 Å². The minimum absolute atomic E-state index is 0.436. The molecule has 0 saturated carbocycles. The summed E-state index contributed by atoms with van der Waals surface area (Å²) in [5.41, 5.74) is 0. The molecule has 1 aliphatic heterocycles. The summed E-state index contributed by atoms with van der Waals surface area (Å²) >= 11 is 0. The summed E-state index contributed by atoms with van der Waals surface area (Å²) in [6.07, 6.45) is 7.34. The van der Waals surface area contributed by atoms with Crippen LogP contribution in [0.15, 0.2) is 18.5 Å². The molecule has 1 aromatic rings. The second-order valence-electron chi connectivity index (χ2n) is 3.42. The molecule has 1 fully saturated rings. The smallest absolute Gasteiger partial charge is 0.222 e. The first-order valence-corrected chi connectivity index (χ1v) is 5.07. The van der Waals surface area contributed by atoms with Crippen molar-refractivity contribution >= 4 is 5.95 Å². The van der Waals surface area contributed by atoms with Gasteiger partial charge in [-0.3, -0.25) is 0 Å². The number of hydrogen-bond acceptors (Lipinski definition) is 4. The number of nitrogens with zero attached hydrogens (tertiary/aromatic N) is 2. The Labute approximate surface area is 83.7 Å². The molecule has 0 aromatic carbocycles. The van der Waals surface area contributed by atoms with Crippen LogP contribution in [0.2, 0.25) is 0 Å². The Morgan fingerprint density at radius 3 is 3.00 bits per heavy atom. The SMILES string of the molecule is c1cnc(NCCC2CCCO2)nc1. The van der Waals surface area contributed by atoms with E-state index in [-0.39, 0.29) is 0 Å². The van der Waals surface area contributed by atoms with Crippen LogP contribution in [-0.2, 0) is 4.74 Å². The molecular formula is C10H15N3O. The van der Waals surface area contributed by atoms with Gasteiger partial charge in [-0.05, 0) is 25.3 Å². The third-order valence-electron chi connectivity index (χ3n) is 2.34. The van der Waals surface area contributed by atoms with E-state index in [4.69, 9.17) is 4.74 Å². The second kappa shape index (κ2) is 4.91. The summed E-state index contributed by atoms with van der Waals surface area (Å²) in [4.78, 5) is 8.16. The summed E-state index contributed by atoms with van der Waals surface area (Å²) in [6, 6.07) is 1.81. The summed E-state index contributed by atoms with van der Waals surface area (Å²) in [7, 11) is 0.